The number of methoxy groups -OCH3 is 1. The SMILES string of the molecule is COc1ccc2c(c1)C(NCC(C)CO)CCO2. The molecule has 2 N–H and O–H groups in total. The van der Waals surface area contributed by atoms with E-state index in [1.165, 1.54) is 0 Å². The summed E-state index contributed by atoms with van der Waals surface area (Å²) in [6, 6.07) is 6.17. The summed E-state index contributed by atoms with van der Waals surface area (Å²) in [5, 5.41) is 12.5. The second kappa shape index (κ2) is 6.07. The Morgan fingerprint density at radius 3 is 3.11 bits per heavy atom. The van der Waals surface area contributed by atoms with Gasteiger partial charge in [0, 0.05) is 31.2 Å². The van der Waals surface area contributed by atoms with Crippen molar-refractivity contribution in [2.24, 2.45) is 5.92 Å². The zero-order valence-electron chi connectivity index (χ0n) is 11.0. The monoisotopic (exact) mass is 251 g/mol. The molecule has 2 rings (SSSR count). The van der Waals surface area contributed by atoms with Crippen molar-refractivity contribution in [1.82, 2.24) is 5.32 Å². The third-order valence-electron chi connectivity index (χ3n) is 3.28. The van der Waals surface area contributed by atoms with Crippen molar-refractivity contribution in [2.45, 2.75) is 19.4 Å². The average molecular weight is 251 g/mol. The maximum atomic E-state index is 9.06. The van der Waals surface area contributed by atoms with Crippen LogP contribution < -0.4 is 14.8 Å². The Morgan fingerprint density at radius 2 is 2.39 bits per heavy atom. The van der Waals surface area contributed by atoms with Crippen LogP contribution in [0.2, 0.25) is 0 Å². The average Bonchev–Trinajstić information content (AvgIpc) is 2.43. The van der Waals surface area contributed by atoms with E-state index in [-0.39, 0.29) is 18.6 Å². The fourth-order valence-electron chi connectivity index (χ4n) is 2.12. The lowest BCUT2D eigenvalue weighted by Gasteiger charge is -2.28. The van der Waals surface area contributed by atoms with E-state index in [0.29, 0.717) is 0 Å². The number of rotatable bonds is 5. The number of aliphatic hydroxyl groups is 1. The Balaban J connectivity index is 2.10. The first-order valence-corrected chi connectivity index (χ1v) is 6.39. The molecule has 0 amide bonds. The van der Waals surface area contributed by atoms with Crippen molar-refractivity contribution < 1.29 is 14.6 Å². The number of fused-ring (bicyclic) bond motifs is 1. The van der Waals surface area contributed by atoms with Gasteiger partial charge in [-0.05, 0) is 24.1 Å². The van der Waals surface area contributed by atoms with E-state index in [1.807, 2.05) is 25.1 Å². The molecule has 0 bridgehead atoms. The summed E-state index contributed by atoms with van der Waals surface area (Å²) in [7, 11) is 1.67. The number of ether oxygens (including phenoxy) is 2. The molecule has 0 saturated carbocycles. The number of aliphatic hydroxyl groups excluding tert-OH is 1. The highest BCUT2D eigenvalue weighted by Gasteiger charge is 2.22. The lowest BCUT2D eigenvalue weighted by Crippen LogP contribution is -2.31. The Kier molecular flexibility index (Phi) is 4.44. The van der Waals surface area contributed by atoms with Crippen molar-refractivity contribution in [3.8, 4) is 11.5 Å². The van der Waals surface area contributed by atoms with E-state index in [2.05, 4.69) is 5.32 Å². The second-order valence-electron chi connectivity index (χ2n) is 4.79. The minimum absolute atomic E-state index is 0.210. The molecule has 100 valence electrons. The zero-order valence-corrected chi connectivity index (χ0v) is 11.0. The van der Waals surface area contributed by atoms with E-state index < -0.39 is 0 Å². The Labute approximate surface area is 108 Å². The van der Waals surface area contributed by atoms with Crippen LogP contribution in [0.25, 0.3) is 0 Å². The van der Waals surface area contributed by atoms with Crippen molar-refractivity contribution in [1.29, 1.82) is 0 Å². The molecule has 4 heteroatoms. The molecule has 4 nitrogen and oxygen atoms in total. The van der Waals surface area contributed by atoms with Gasteiger partial charge in [-0.25, -0.2) is 0 Å². The van der Waals surface area contributed by atoms with Gasteiger partial charge in [0.1, 0.15) is 11.5 Å². The number of hydrogen-bond donors (Lipinski definition) is 2. The second-order valence-corrected chi connectivity index (χ2v) is 4.79. The summed E-state index contributed by atoms with van der Waals surface area (Å²) in [4.78, 5) is 0. The maximum absolute atomic E-state index is 9.06. The van der Waals surface area contributed by atoms with Gasteiger partial charge < -0.3 is 19.9 Å². The smallest absolute Gasteiger partial charge is 0.124 e. The van der Waals surface area contributed by atoms with E-state index in [1.54, 1.807) is 7.11 Å². The van der Waals surface area contributed by atoms with E-state index >= 15 is 0 Å². The summed E-state index contributed by atoms with van der Waals surface area (Å²) in [5.74, 6) is 2.04. The highest BCUT2D eigenvalue weighted by molar-refractivity contribution is 5.43. The molecule has 0 saturated heterocycles. The molecule has 2 unspecified atom stereocenters. The molecule has 0 spiro atoms. The summed E-state index contributed by atoms with van der Waals surface area (Å²) in [6.45, 7) is 3.77. The molecule has 1 heterocycles. The summed E-state index contributed by atoms with van der Waals surface area (Å²) in [6.07, 6.45) is 0.943. The standard InChI is InChI=1S/C14H21NO3/c1-10(9-16)8-15-13-5-6-18-14-4-3-11(17-2)7-12(13)14/h3-4,7,10,13,15-16H,5-6,8-9H2,1-2H3. The predicted octanol–water partition coefficient (Wildman–Crippen LogP) is 1.74. The van der Waals surface area contributed by atoms with Gasteiger partial charge in [0.2, 0.25) is 0 Å². The Morgan fingerprint density at radius 1 is 1.56 bits per heavy atom. The Bertz CT molecular complexity index is 395. The Hall–Kier alpha value is -1.26. The van der Waals surface area contributed by atoms with Crippen LogP contribution >= 0.6 is 0 Å². The fourth-order valence-corrected chi connectivity index (χ4v) is 2.12. The number of benzene rings is 1. The lowest BCUT2D eigenvalue weighted by atomic mass is 9.99. The molecule has 1 aromatic rings. The molecule has 0 aliphatic carbocycles. The number of hydrogen-bond acceptors (Lipinski definition) is 4. The van der Waals surface area contributed by atoms with Crippen LogP contribution in [0.3, 0.4) is 0 Å². The third-order valence-corrected chi connectivity index (χ3v) is 3.28. The first-order chi connectivity index (χ1) is 8.74. The van der Waals surface area contributed by atoms with E-state index in [0.717, 1.165) is 36.6 Å². The van der Waals surface area contributed by atoms with Crippen LogP contribution in [-0.2, 0) is 0 Å². The van der Waals surface area contributed by atoms with Crippen LogP contribution in [0.1, 0.15) is 24.9 Å². The van der Waals surface area contributed by atoms with Gasteiger partial charge in [0.25, 0.3) is 0 Å². The van der Waals surface area contributed by atoms with Gasteiger partial charge in [-0.2, -0.15) is 0 Å². The van der Waals surface area contributed by atoms with E-state index in [4.69, 9.17) is 14.6 Å². The molecule has 1 aromatic carbocycles. The molecular formula is C14H21NO3. The van der Waals surface area contributed by atoms with Crippen LogP contribution in [0, 0.1) is 5.92 Å². The van der Waals surface area contributed by atoms with Crippen LogP contribution in [0.5, 0.6) is 11.5 Å². The van der Waals surface area contributed by atoms with Gasteiger partial charge in [-0.3, -0.25) is 0 Å². The predicted molar refractivity (Wildman–Crippen MR) is 70.1 cm³/mol. The van der Waals surface area contributed by atoms with Crippen molar-refractivity contribution in [3.63, 3.8) is 0 Å². The largest absolute Gasteiger partial charge is 0.497 e. The molecular weight excluding hydrogens is 230 g/mol. The van der Waals surface area contributed by atoms with Gasteiger partial charge in [0.05, 0.1) is 13.7 Å². The van der Waals surface area contributed by atoms with Gasteiger partial charge in [-0.1, -0.05) is 6.92 Å². The van der Waals surface area contributed by atoms with Gasteiger partial charge in [0.15, 0.2) is 0 Å². The minimum Gasteiger partial charge on any atom is -0.497 e. The molecule has 0 aromatic heterocycles. The van der Waals surface area contributed by atoms with Crippen LogP contribution in [0.15, 0.2) is 18.2 Å². The van der Waals surface area contributed by atoms with Gasteiger partial charge in [-0.15, -0.1) is 0 Å². The first kappa shape index (κ1) is 13.2. The normalized spacial score (nSPS) is 19.8. The molecule has 1 aliphatic heterocycles. The van der Waals surface area contributed by atoms with E-state index in [9.17, 15) is 0 Å². The van der Waals surface area contributed by atoms with Crippen LogP contribution in [0.4, 0.5) is 0 Å². The molecule has 0 fully saturated rings. The van der Waals surface area contributed by atoms with Crippen molar-refractivity contribution in [3.05, 3.63) is 23.8 Å². The number of nitrogens with one attached hydrogen (secondary N) is 1. The molecule has 0 radical (unpaired) electrons. The first-order valence-electron chi connectivity index (χ1n) is 6.39. The molecule has 1 aliphatic rings. The quantitative estimate of drug-likeness (QED) is 0.837. The van der Waals surface area contributed by atoms with Gasteiger partial charge >= 0.3 is 0 Å². The van der Waals surface area contributed by atoms with Crippen molar-refractivity contribution >= 4 is 0 Å². The minimum atomic E-state index is 0.210. The maximum Gasteiger partial charge on any atom is 0.124 e. The van der Waals surface area contributed by atoms with Crippen molar-refractivity contribution in [2.75, 3.05) is 26.9 Å². The summed E-state index contributed by atoms with van der Waals surface area (Å²) >= 11 is 0. The zero-order chi connectivity index (χ0) is 13.0. The van der Waals surface area contributed by atoms with Crippen LogP contribution in [-0.4, -0.2) is 32.0 Å². The lowest BCUT2D eigenvalue weighted by molar-refractivity contribution is 0.215. The molecule has 2 atom stereocenters. The fraction of sp³-hybridized carbons (Fsp3) is 0.571. The summed E-state index contributed by atoms with van der Waals surface area (Å²) in [5.41, 5.74) is 1.14. The third kappa shape index (κ3) is 2.94. The summed E-state index contributed by atoms with van der Waals surface area (Å²) < 4.78 is 10.9. The highest BCUT2D eigenvalue weighted by Crippen LogP contribution is 2.34. The topological polar surface area (TPSA) is 50.7 Å². The molecule has 18 heavy (non-hydrogen) atoms. The highest BCUT2D eigenvalue weighted by atomic mass is 16.5.